The summed E-state index contributed by atoms with van der Waals surface area (Å²) in [4.78, 5) is 39.8. The van der Waals surface area contributed by atoms with Crippen molar-refractivity contribution < 1.29 is 9.59 Å². The van der Waals surface area contributed by atoms with Crippen LogP contribution in [0.3, 0.4) is 0 Å². The molecule has 4 fully saturated rings. The Bertz CT molecular complexity index is 1410. The third-order valence-electron chi connectivity index (χ3n) is 9.11. The molecule has 7 rings (SSSR count). The first-order valence-corrected chi connectivity index (χ1v) is 14.4. The average Bonchev–Trinajstić information content (AvgIpc) is 3.25. The van der Waals surface area contributed by atoms with Crippen LogP contribution in [0.1, 0.15) is 68.1 Å². The van der Waals surface area contributed by atoms with Crippen LogP contribution in [-0.4, -0.2) is 57.8 Å². The summed E-state index contributed by atoms with van der Waals surface area (Å²) in [5.74, 6) is -0.393. The van der Waals surface area contributed by atoms with E-state index in [1.165, 1.54) is 35.2 Å². The number of benzene rings is 1. The van der Waals surface area contributed by atoms with Gasteiger partial charge in [-0.05, 0) is 87.9 Å². The van der Waals surface area contributed by atoms with Gasteiger partial charge in [-0.25, -0.2) is 9.97 Å². The molecule has 3 aromatic rings. The third-order valence-corrected chi connectivity index (χ3v) is 10.4. The fourth-order valence-electron chi connectivity index (χ4n) is 6.73. The summed E-state index contributed by atoms with van der Waals surface area (Å²) in [6, 6.07) is 8.03. The molecular weight excluding hydrogens is 496 g/mol. The highest BCUT2D eigenvalue weighted by Gasteiger charge is 2.70. The fourth-order valence-corrected chi connectivity index (χ4v) is 7.86. The van der Waals surface area contributed by atoms with Crippen LogP contribution in [-0.2, 0) is 21.4 Å². The van der Waals surface area contributed by atoms with E-state index in [0.717, 1.165) is 29.5 Å². The number of nitrogens with two attached hydrogens (primary N) is 1. The zero-order chi connectivity index (χ0) is 26.8. The van der Waals surface area contributed by atoms with Crippen LogP contribution in [0.5, 0.6) is 0 Å². The van der Waals surface area contributed by atoms with E-state index in [1.54, 1.807) is 11.0 Å². The van der Waals surface area contributed by atoms with Crippen LogP contribution in [0, 0.1) is 5.92 Å². The number of pyridine rings is 1. The van der Waals surface area contributed by atoms with E-state index in [9.17, 15) is 9.59 Å². The summed E-state index contributed by atoms with van der Waals surface area (Å²) in [5.41, 5.74) is 9.90. The summed E-state index contributed by atoms with van der Waals surface area (Å²) in [7, 11) is 4.36. The van der Waals surface area contributed by atoms with Gasteiger partial charge in [-0.15, -0.1) is 11.3 Å². The molecule has 3 aliphatic carbocycles. The number of carbonyl (C=O) groups excluding carboxylic acids is 2. The van der Waals surface area contributed by atoms with E-state index >= 15 is 0 Å². The minimum Gasteiger partial charge on any atom is -0.383 e. The number of anilines is 2. The topological polar surface area (TPSA) is 104 Å². The monoisotopic (exact) mass is 532 g/mol. The molecule has 2 amide bonds. The first kappa shape index (κ1) is 25.2. The van der Waals surface area contributed by atoms with Crippen LogP contribution in [0.25, 0.3) is 10.2 Å². The number of aromatic nitrogens is 2. The Morgan fingerprint density at radius 2 is 1.97 bits per heavy atom. The number of likely N-dealkylation sites (tertiary alicyclic amines) is 1. The van der Waals surface area contributed by atoms with E-state index in [0.29, 0.717) is 35.9 Å². The van der Waals surface area contributed by atoms with Crippen molar-refractivity contribution in [2.75, 3.05) is 31.7 Å². The lowest BCUT2D eigenvalue weighted by Crippen LogP contribution is -2.75. The number of nitrogens with zero attached hydrogens (tertiary/aromatic N) is 4. The zero-order valence-electron chi connectivity index (χ0n) is 22.6. The zero-order valence-corrected chi connectivity index (χ0v) is 23.4. The predicted octanol–water partition coefficient (Wildman–Crippen LogP) is 4.51. The Morgan fingerprint density at radius 3 is 2.68 bits per heavy atom. The largest absolute Gasteiger partial charge is 0.383 e. The minimum absolute atomic E-state index is 0.151. The molecule has 1 aromatic carbocycles. The van der Waals surface area contributed by atoms with E-state index < -0.39 is 11.8 Å². The van der Waals surface area contributed by atoms with Crippen molar-refractivity contribution in [2.45, 2.75) is 69.4 Å². The van der Waals surface area contributed by atoms with Gasteiger partial charge in [-0.2, -0.15) is 0 Å². The van der Waals surface area contributed by atoms with Crippen LogP contribution in [0.4, 0.5) is 11.5 Å². The van der Waals surface area contributed by atoms with E-state index in [1.807, 2.05) is 18.3 Å². The number of nitrogen functional groups attached to an aromatic ring is 1. The lowest BCUT2D eigenvalue weighted by Gasteiger charge is -2.72. The van der Waals surface area contributed by atoms with Gasteiger partial charge in [0.05, 0.1) is 28.1 Å². The minimum atomic E-state index is -0.645. The first-order chi connectivity index (χ1) is 18.1. The third kappa shape index (κ3) is 3.98. The molecule has 3 saturated carbocycles. The van der Waals surface area contributed by atoms with Crippen molar-refractivity contribution in [3.8, 4) is 0 Å². The number of aryl methyl sites for hydroxylation is 1. The van der Waals surface area contributed by atoms with Crippen LogP contribution in [0.2, 0.25) is 0 Å². The summed E-state index contributed by atoms with van der Waals surface area (Å²) in [6.07, 6.45) is 7.61. The molecule has 8 nitrogen and oxygen atoms in total. The average molecular weight is 533 g/mol. The molecule has 1 saturated heterocycles. The highest BCUT2D eigenvalue weighted by molar-refractivity contribution is 7.18. The quantitative estimate of drug-likeness (QED) is 0.469. The molecule has 200 valence electrons. The molecule has 3 heterocycles. The number of hydrogen-bond acceptors (Lipinski definition) is 7. The molecule has 3 N–H and O–H groups in total. The Balaban J connectivity index is 1.22. The molecule has 0 unspecified atom stereocenters. The highest BCUT2D eigenvalue weighted by Crippen LogP contribution is 2.70. The van der Waals surface area contributed by atoms with Crippen LogP contribution < -0.4 is 11.1 Å². The highest BCUT2D eigenvalue weighted by atomic mass is 32.1. The number of nitrogens with one attached hydrogen (secondary N) is 1. The van der Waals surface area contributed by atoms with Gasteiger partial charge >= 0.3 is 11.8 Å². The molecule has 38 heavy (non-hydrogen) atoms. The Kier molecular flexibility index (Phi) is 5.99. The molecule has 9 heteroatoms. The summed E-state index contributed by atoms with van der Waals surface area (Å²) in [6.45, 7) is 4.65. The van der Waals surface area contributed by atoms with Crippen molar-refractivity contribution in [2.24, 2.45) is 5.92 Å². The maximum Gasteiger partial charge on any atom is 0.313 e. The van der Waals surface area contributed by atoms with Gasteiger partial charge < -0.3 is 20.9 Å². The summed E-state index contributed by atoms with van der Waals surface area (Å²) >= 11 is 1.81. The van der Waals surface area contributed by atoms with Gasteiger partial charge in [0.25, 0.3) is 0 Å². The molecule has 0 spiro atoms. The number of amides is 2. The Hall–Kier alpha value is -3.04. The van der Waals surface area contributed by atoms with Crippen LogP contribution >= 0.6 is 11.3 Å². The molecule has 2 bridgehead atoms. The Morgan fingerprint density at radius 1 is 1.21 bits per heavy atom. The number of carbonyl (C=O) groups is 2. The van der Waals surface area contributed by atoms with Gasteiger partial charge in [0, 0.05) is 17.5 Å². The van der Waals surface area contributed by atoms with Crippen molar-refractivity contribution in [1.29, 1.82) is 0 Å². The molecule has 1 aliphatic heterocycles. The second-order valence-electron chi connectivity index (χ2n) is 11.9. The van der Waals surface area contributed by atoms with Gasteiger partial charge in [-0.1, -0.05) is 19.9 Å². The maximum atomic E-state index is 13.4. The van der Waals surface area contributed by atoms with Gasteiger partial charge in [-0.3, -0.25) is 9.59 Å². The Labute approximate surface area is 227 Å². The second-order valence-corrected chi connectivity index (χ2v) is 12.9. The molecule has 0 radical (unpaired) electrons. The maximum absolute atomic E-state index is 13.4. The summed E-state index contributed by atoms with van der Waals surface area (Å²) in [5, 5.41) is 3.99. The number of fused-ring (bicyclic) bond motifs is 1. The second kappa shape index (κ2) is 9.02. The van der Waals surface area contributed by atoms with E-state index in [2.05, 4.69) is 54.4 Å². The van der Waals surface area contributed by atoms with Crippen molar-refractivity contribution in [3.05, 3.63) is 46.6 Å². The van der Waals surface area contributed by atoms with E-state index in [4.69, 9.17) is 10.7 Å². The SMILES string of the molecule is CCc1cc(NC(=O)C(=O)N2C[C@@H](C)CC[C@@H]2c2ccc3sc(C45CC(N(C)C)(C4)C5)nc3c2)cnc1N. The first-order valence-electron chi connectivity index (χ1n) is 13.6. The van der Waals surface area contributed by atoms with Crippen LogP contribution in [0.15, 0.2) is 30.5 Å². The molecule has 2 aromatic heterocycles. The number of thiazole rings is 1. The lowest BCUT2D eigenvalue weighted by atomic mass is 9.39. The normalized spacial score (nSPS) is 28.2. The molecule has 2 atom stereocenters. The van der Waals surface area contributed by atoms with E-state index in [-0.39, 0.29) is 11.5 Å². The summed E-state index contributed by atoms with van der Waals surface area (Å²) < 4.78 is 1.19. The standard InChI is InChI=1S/C29H36N6O2S/c1-5-18-10-20(12-31-24(18)30)32-25(36)26(37)35-13-17(2)6-8-22(35)19-7-9-23-21(11-19)33-27(38-23)28-14-29(15-28,16-28)34(3)4/h7,9-12,17,22H,5-6,8,13-16H2,1-4H3,(H2,30,31)(H,32,36)/t17-,22+,28?,29?/m0/s1. The fraction of sp³-hybridized carbons (Fsp3) is 0.517. The van der Waals surface area contributed by atoms with Gasteiger partial charge in [0.1, 0.15) is 10.8 Å². The number of rotatable bonds is 5. The lowest BCUT2D eigenvalue weighted by molar-refractivity contribution is -0.151. The predicted molar refractivity (Wildman–Crippen MR) is 151 cm³/mol. The molecular formula is C29H36N6O2S. The number of piperidine rings is 1. The molecule has 4 aliphatic rings. The smallest absolute Gasteiger partial charge is 0.313 e. The number of hydrogen-bond donors (Lipinski definition) is 2. The van der Waals surface area contributed by atoms with Gasteiger partial charge in [0.15, 0.2) is 0 Å². The van der Waals surface area contributed by atoms with Crippen molar-refractivity contribution in [1.82, 2.24) is 19.8 Å². The van der Waals surface area contributed by atoms with Crippen molar-refractivity contribution in [3.63, 3.8) is 0 Å². The van der Waals surface area contributed by atoms with Gasteiger partial charge in [0.2, 0.25) is 0 Å². The van der Waals surface area contributed by atoms with Crippen molar-refractivity contribution >= 4 is 44.9 Å².